The Morgan fingerprint density at radius 1 is 0.598 bits per heavy atom. The molecule has 5 N–H and O–H groups in total. The molecule has 1 amide bonds. The highest BCUT2D eigenvalue weighted by molar-refractivity contribution is 6.62. The lowest BCUT2D eigenvalue weighted by Gasteiger charge is -2.22. The highest BCUT2D eigenvalue weighted by Crippen LogP contribution is 2.41. The summed E-state index contributed by atoms with van der Waals surface area (Å²) in [5, 5.41) is 46.3. The first-order valence-electron chi connectivity index (χ1n) is 25.7. The SMILES string of the molecule is C.CC1(C)OB(O)c2cc(CNC(=O)c3ccc(C4=NOC(C)(c5cc(Cl)cc(Cl)c5)C4)n4cccc34)ccc21.CC1(c2cc(Cl)cc(Cl)c2)CC(c2ccc(C(=O)O)c3cccn23)=NO1.CNCc1ccc2c(c1)B(O)OC2(C)C.Cl. The Balaban J connectivity index is 0.000000176. The first-order chi connectivity index (χ1) is 38.0. The highest BCUT2D eigenvalue weighted by atomic mass is 35.5. The number of aromatic nitrogens is 2. The fourth-order valence-electron chi connectivity index (χ4n) is 10.7. The Hall–Kier alpha value is -6.34. The smallest absolute Gasteiger partial charge is 0.478 e. The van der Waals surface area contributed by atoms with Gasteiger partial charge in [0, 0.05) is 69.5 Å². The number of fused-ring (bicyclic) bond motifs is 4. The lowest BCUT2D eigenvalue weighted by Crippen LogP contribution is -2.30. The Kier molecular flexibility index (Phi) is 18.1. The predicted molar refractivity (Wildman–Crippen MR) is 328 cm³/mol. The molecule has 15 nitrogen and oxygen atoms in total. The molecule has 0 saturated carbocycles. The highest BCUT2D eigenvalue weighted by Gasteiger charge is 2.43. The van der Waals surface area contributed by atoms with Crippen LogP contribution < -0.4 is 21.6 Å². The second kappa shape index (κ2) is 24.1. The van der Waals surface area contributed by atoms with E-state index in [0.29, 0.717) is 50.6 Å². The molecule has 426 valence electrons. The van der Waals surface area contributed by atoms with Gasteiger partial charge in [-0.1, -0.05) is 101 Å². The van der Waals surface area contributed by atoms with Gasteiger partial charge in [0.05, 0.1) is 44.8 Å². The molecule has 4 aliphatic heterocycles. The second-order valence-corrected chi connectivity index (χ2v) is 23.2. The van der Waals surface area contributed by atoms with Gasteiger partial charge in [0.15, 0.2) is 11.2 Å². The fraction of sp³-hybridized carbons (Fsp3) is 0.267. The zero-order chi connectivity index (χ0) is 57.1. The van der Waals surface area contributed by atoms with Crippen LogP contribution in [0, 0.1) is 0 Å². The van der Waals surface area contributed by atoms with E-state index in [1.54, 1.807) is 42.5 Å². The molecule has 82 heavy (non-hydrogen) atoms. The number of benzene rings is 4. The van der Waals surface area contributed by atoms with Crippen molar-refractivity contribution < 1.29 is 43.7 Å². The maximum Gasteiger partial charge on any atom is 0.492 e. The van der Waals surface area contributed by atoms with Crippen LogP contribution in [-0.4, -0.2) is 68.5 Å². The largest absolute Gasteiger partial charge is 0.492 e. The van der Waals surface area contributed by atoms with Crippen LogP contribution in [0.4, 0.5) is 0 Å². The van der Waals surface area contributed by atoms with Crippen LogP contribution in [0.2, 0.25) is 20.1 Å². The standard InChI is InChI=1S/C29H26BCl2N3O4.C19H14Cl2N2O3.C11H16BNO2.CH4.ClH/c1-28(2)22-8-6-17(11-23(22)30(37)38-28)16-33-27(36)21-7-9-26(35-10-4-5-25(21)35)24-15-29(3,39-34-24)18-12-19(31)14-20(32)13-18;1-19(11-7-12(20)9-13(21)8-11)10-15(22-26-19)17-5-4-14(18(24)25)16-3-2-6-23(16)17;1-11(2)9-5-4-8(7-13-3)6-10(9)12(14)15-11;;/h4-14,37H,15-16H2,1-3H3,(H,33,36);2-9H,10H2,1H3,(H,24,25);4-6,13-14H,7H2,1-3H3;1H4;1H. The molecule has 0 bridgehead atoms. The van der Waals surface area contributed by atoms with Crippen LogP contribution in [0.25, 0.3) is 11.0 Å². The summed E-state index contributed by atoms with van der Waals surface area (Å²) in [5.41, 5.74) is 10.3. The van der Waals surface area contributed by atoms with E-state index in [2.05, 4.69) is 27.0 Å². The Labute approximate surface area is 502 Å². The van der Waals surface area contributed by atoms with Gasteiger partial charge in [0.25, 0.3) is 5.91 Å². The number of carboxylic acid groups (broad SMARTS) is 1. The van der Waals surface area contributed by atoms with Crippen molar-refractivity contribution >= 4 is 118 Å². The summed E-state index contributed by atoms with van der Waals surface area (Å²) < 4.78 is 14.9. The van der Waals surface area contributed by atoms with E-state index in [1.165, 1.54) is 0 Å². The first kappa shape index (κ1) is 61.7. The molecule has 0 saturated heterocycles. The quantitative estimate of drug-likeness (QED) is 0.0824. The van der Waals surface area contributed by atoms with Crippen molar-refractivity contribution in [1.29, 1.82) is 0 Å². The van der Waals surface area contributed by atoms with Gasteiger partial charge in [-0.05, 0) is 167 Å². The lowest BCUT2D eigenvalue weighted by molar-refractivity contribution is -0.00755. The maximum absolute atomic E-state index is 13.2. The van der Waals surface area contributed by atoms with Crippen LogP contribution in [-0.2, 0) is 54.5 Å². The number of nitrogens with zero attached hydrogens (tertiary/aromatic N) is 4. The molecule has 4 aliphatic rings. The third-order valence-electron chi connectivity index (χ3n) is 14.8. The summed E-state index contributed by atoms with van der Waals surface area (Å²) in [6.07, 6.45) is 4.72. The fourth-order valence-corrected chi connectivity index (χ4v) is 11.8. The summed E-state index contributed by atoms with van der Waals surface area (Å²) in [6, 6.07) is 36.9. The van der Waals surface area contributed by atoms with E-state index < -0.39 is 37.0 Å². The number of amides is 1. The normalized spacial score (nSPS) is 18.8. The number of pyridine rings is 2. The van der Waals surface area contributed by atoms with Gasteiger partial charge in [-0.25, -0.2) is 4.79 Å². The average Bonchev–Trinajstić information content (AvgIpc) is 4.43. The number of oxime groups is 2. The van der Waals surface area contributed by atoms with Crippen LogP contribution in [0.5, 0.6) is 0 Å². The average molecular weight is 1210 g/mol. The number of carbonyl (C=O) groups excluding carboxylic acids is 1. The van der Waals surface area contributed by atoms with Gasteiger partial charge >= 0.3 is 20.2 Å². The summed E-state index contributed by atoms with van der Waals surface area (Å²) >= 11 is 24.7. The Bertz CT molecular complexity index is 3790. The van der Waals surface area contributed by atoms with Crippen molar-refractivity contribution in [3.8, 4) is 0 Å². The molecular formula is C60H61B2Cl5N6O9. The van der Waals surface area contributed by atoms with E-state index in [1.807, 2.05) is 143 Å². The molecule has 12 rings (SSSR count). The van der Waals surface area contributed by atoms with Gasteiger partial charge in [-0.3, -0.25) is 4.79 Å². The number of carbonyl (C=O) groups is 2. The van der Waals surface area contributed by atoms with Crippen molar-refractivity contribution in [1.82, 2.24) is 19.4 Å². The third kappa shape index (κ3) is 12.3. The van der Waals surface area contributed by atoms with Crippen molar-refractivity contribution in [2.24, 2.45) is 10.3 Å². The van der Waals surface area contributed by atoms with E-state index in [-0.39, 0.29) is 36.9 Å². The third-order valence-corrected chi connectivity index (χ3v) is 15.7. The second-order valence-electron chi connectivity index (χ2n) is 21.5. The predicted octanol–water partition coefficient (Wildman–Crippen LogP) is 11.6. The van der Waals surface area contributed by atoms with Gasteiger partial charge in [-0.15, -0.1) is 12.4 Å². The molecule has 22 heteroatoms. The van der Waals surface area contributed by atoms with Crippen molar-refractivity contribution in [2.75, 3.05) is 7.05 Å². The number of rotatable bonds is 10. The van der Waals surface area contributed by atoms with Gasteiger partial charge < -0.3 is 53.6 Å². The van der Waals surface area contributed by atoms with Gasteiger partial charge in [-0.2, -0.15) is 0 Å². The monoisotopic (exact) mass is 1210 g/mol. The summed E-state index contributed by atoms with van der Waals surface area (Å²) in [5.74, 6) is -1.17. The molecule has 4 aromatic carbocycles. The molecule has 2 unspecified atom stereocenters. The Morgan fingerprint density at radius 3 is 1.44 bits per heavy atom. The number of carboxylic acids is 1. The molecule has 0 fully saturated rings. The van der Waals surface area contributed by atoms with Crippen molar-refractivity contribution in [3.63, 3.8) is 0 Å². The molecule has 2 atom stereocenters. The molecule has 0 spiro atoms. The summed E-state index contributed by atoms with van der Waals surface area (Å²) in [7, 11) is 0.148. The van der Waals surface area contributed by atoms with Crippen LogP contribution >= 0.6 is 58.8 Å². The van der Waals surface area contributed by atoms with Crippen molar-refractivity contribution in [3.05, 3.63) is 210 Å². The molecule has 8 heterocycles. The maximum atomic E-state index is 13.2. The summed E-state index contributed by atoms with van der Waals surface area (Å²) in [4.78, 5) is 36.3. The molecule has 0 aliphatic carbocycles. The van der Waals surface area contributed by atoms with Crippen LogP contribution in [0.15, 0.2) is 144 Å². The molecule has 4 aromatic heterocycles. The molecular weight excluding hydrogens is 1150 g/mol. The minimum absolute atomic E-state index is 0. The minimum Gasteiger partial charge on any atom is -0.478 e. The number of hydrogen-bond acceptors (Lipinski definition) is 11. The van der Waals surface area contributed by atoms with E-state index in [0.717, 1.165) is 79.2 Å². The number of hydrogen-bond donors (Lipinski definition) is 5. The lowest BCUT2D eigenvalue weighted by atomic mass is 9.77. The zero-order valence-electron chi connectivity index (χ0n) is 45.2. The van der Waals surface area contributed by atoms with E-state index >= 15 is 0 Å². The molecule has 8 aromatic rings. The first-order valence-corrected chi connectivity index (χ1v) is 27.3. The number of nitrogens with one attached hydrogen (secondary N) is 2. The topological polar surface area (TPSA) is 189 Å². The van der Waals surface area contributed by atoms with Gasteiger partial charge in [0.1, 0.15) is 11.4 Å². The van der Waals surface area contributed by atoms with Crippen molar-refractivity contribution in [2.45, 2.75) is 97.3 Å². The van der Waals surface area contributed by atoms with Gasteiger partial charge in [0.2, 0.25) is 0 Å². The number of halogens is 5. The zero-order valence-corrected chi connectivity index (χ0v) is 49.0. The van der Waals surface area contributed by atoms with Crippen LogP contribution in [0.1, 0.15) is 127 Å². The Morgan fingerprint density at radius 2 is 1.01 bits per heavy atom. The van der Waals surface area contributed by atoms with E-state index in [4.69, 9.17) is 65.4 Å². The van der Waals surface area contributed by atoms with Crippen LogP contribution in [0.3, 0.4) is 0 Å². The summed E-state index contributed by atoms with van der Waals surface area (Å²) in [6.45, 7) is 12.8. The molecule has 0 radical (unpaired) electrons. The van der Waals surface area contributed by atoms with E-state index in [9.17, 15) is 24.7 Å². The number of aromatic carboxylic acids is 1. The minimum atomic E-state index is -0.973.